The molecular formula is C44H59N3O12. The summed E-state index contributed by atoms with van der Waals surface area (Å²) in [6.45, 7) is 13.7. The summed E-state index contributed by atoms with van der Waals surface area (Å²) in [7, 11) is 3.29. The molecule has 1 aromatic carbocycles. The number of amides is 1. The first-order valence-electron chi connectivity index (χ1n) is 20.5. The fourth-order valence-electron chi connectivity index (χ4n) is 10.3. The predicted molar refractivity (Wildman–Crippen MR) is 212 cm³/mol. The number of ether oxygens (including phenoxy) is 7. The second-order valence-corrected chi connectivity index (χ2v) is 18.4. The van der Waals surface area contributed by atoms with Gasteiger partial charge < -0.3 is 54.0 Å². The Labute approximate surface area is 345 Å². The van der Waals surface area contributed by atoms with E-state index in [0.29, 0.717) is 42.0 Å². The molecule has 0 spiro atoms. The Kier molecular flexibility index (Phi) is 11.7. The molecule has 59 heavy (non-hydrogen) atoms. The summed E-state index contributed by atoms with van der Waals surface area (Å²) in [6, 6.07) is 10.3. The third kappa shape index (κ3) is 7.74. The molecule has 2 aliphatic heterocycles. The van der Waals surface area contributed by atoms with Crippen LogP contribution in [0.2, 0.25) is 0 Å². The number of carbonyl (C=O) groups is 3. The van der Waals surface area contributed by atoms with Gasteiger partial charge in [-0.2, -0.15) is 0 Å². The quantitative estimate of drug-likeness (QED) is 0.150. The van der Waals surface area contributed by atoms with Crippen LogP contribution >= 0.6 is 0 Å². The van der Waals surface area contributed by atoms with Crippen LogP contribution < -0.4 is 15.4 Å². The Morgan fingerprint density at radius 1 is 1.05 bits per heavy atom. The molecule has 2 saturated heterocycles. The Morgan fingerprint density at radius 2 is 1.78 bits per heavy atom. The zero-order chi connectivity index (χ0) is 42.7. The SMILES string of the molecule is CNC[C@@H]1O[C@@H]2C3=C(C)[C@@H](OC(=O)[C@H](O)[C@@H](NC(=O)OC(C)(C)C)c4ccc(OC)cn4)C[C@@](O)([C@@H](OC(=O)c4ccccc4)C4[C@@H]5CO[C@@H]5CC[C@@]4(C)[C@@H]2O1)C3(C)C. The second-order valence-electron chi connectivity index (χ2n) is 18.4. The van der Waals surface area contributed by atoms with Crippen molar-refractivity contribution in [2.24, 2.45) is 22.7 Å². The first-order chi connectivity index (χ1) is 27.8. The van der Waals surface area contributed by atoms with Gasteiger partial charge in [0.1, 0.15) is 41.3 Å². The van der Waals surface area contributed by atoms with Gasteiger partial charge in [0.25, 0.3) is 0 Å². The first kappa shape index (κ1) is 43.0. The van der Waals surface area contributed by atoms with Crippen molar-refractivity contribution in [1.82, 2.24) is 15.6 Å². The fourth-order valence-corrected chi connectivity index (χ4v) is 10.3. The molecule has 2 aromatic rings. The highest BCUT2D eigenvalue weighted by Crippen LogP contribution is 2.65. The van der Waals surface area contributed by atoms with Crippen LogP contribution in [0.4, 0.5) is 4.79 Å². The summed E-state index contributed by atoms with van der Waals surface area (Å²) in [5.74, 6) is -1.80. The molecule has 7 rings (SSSR count). The topological polar surface area (TPSA) is 193 Å². The molecule has 1 aromatic heterocycles. The number of hydrogen-bond acceptors (Lipinski definition) is 14. The lowest BCUT2D eigenvalue weighted by Gasteiger charge is -2.65. The van der Waals surface area contributed by atoms with Crippen molar-refractivity contribution in [2.45, 2.75) is 128 Å². The molecule has 12 atom stereocenters. The molecule has 1 unspecified atom stereocenters. The van der Waals surface area contributed by atoms with Gasteiger partial charge in [-0.1, -0.05) is 39.0 Å². The van der Waals surface area contributed by atoms with Crippen molar-refractivity contribution in [2.75, 3.05) is 27.3 Å². The Balaban J connectivity index is 1.32. The number of hydrogen-bond donors (Lipinski definition) is 4. The number of carbonyl (C=O) groups excluding carboxylic acids is 3. The van der Waals surface area contributed by atoms with Crippen LogP contribution in [0, 0.1) is 22.7 Å². The Bertz CT molecular complexity index is 1920. The number of alkyl carbamates (subject to hydrolysis) is 1. The largest absolute Gasteiger partial charge is 0.495 e. The number of methoxy groups -OCH3 is 1. The van der Waals surface area contributed by atoms with Crippen LogP contribution in [0.5, 0.6) is 5.75 Å². The third-order valence-corrected chi connectivity index (χ3v) is 13.3. The van der Waals surface area contributed by atoms with Crippen molar-refractivity contribution in [3.05, 3.63) is 71.1 Å². The van der Waals surface area contributed by atoms with Gasteiger partial charge in [-0.15, -0.1) is 0 Å². The number of rotatable bonds is 10. The van der Waals surface area contributed by atoms with Crippen LogP contribution in [0.25, 0.3) is 0 Å². The van der Waals surface area contributed by atoms with Gasteiger partial charge >= 0.3 is 18.0 Å². The number of esters is 2. The average molecular weight is 822 g/mol. The van der Waals surface area contributed by atoms with Gasteiger partial charge in [0.15, 0.2) is 12.4 Å². The number of benzene rings is 1. The van der Waals surface area contributed by atoms with E-state index in [9.17, 15) is 24.6 Å². The third-order valence-electron chi connectivity index (χ3n) is 13.3. The minimum absolute atomic E-state index is 0.0807. The minimum atomic E-state index is -1.98. The summed E-state index contributed by atoms with van der Waals surface area (Å²) in [5.41, 5.74) is -2.78. The maximum Gasteiger partial charge on any atom is 0.408 e. The number of aliphatic hydroxyl groups is 2. The standard InChI is InChI=1S/C44H59N3O12/c1-23-29(55-39(50)34(48)33(47-40(51)59-41(2,3)4)27-16-15-25(53-9)20-46-27)19-44(52)36(58-38(49)24-13-11-10-12-14-24)32-26-22-54-28(26)17-18-43(32,7)37-35(31(23)42(44,5)6)56-30(57-37)21-45-8/h10-16,20,26,28-30,32-37,45,48,52H,17-19,21-22H2,1-9H3,(H,47,51)/t26-,28-,29+,30-,32?,33+,34-,35-,36+,37-,43-,44-/m1/s1. The number of aliphatic hydroxyl groups excluding tert-OH is 1. The Hall–Kier alpha value is -4.12. The zero-order valence-electron chi connectivity index (χ0n) is 35.4. The van der Waals surface area contributed by atoms with Gasteiger partial charge in [-0.3, -0.25) is 4.98 Å². The number of fused-ring (bicyclic) bond motifs is 8. The lowest BCUT2D eigenvalue weighted by molar-refractivity contribution is -0.276. The van der Waals surface area contributed by atoms with Gasteiger partial charge in [0.2, 0.25) is 0 Å². The minimum Gasteiger partial charge on any atom is -0.495 e. The first-order valence-corrected chi connectivity index (χ1v) is 20.5. The van der Waals surface area contributed by atoms with Crippen LogP contribution in [-0.4, -0.2) is 115 Å². The molecule has 2 saturated carbocycles. The van der Waals surface area contributed by atoms with Crippen molar-refractivity contribution in [3.8, 4) is 5.75 Å². The van der Waals surface area contributed by atoms with E-state index in [1.165, 1.54) is 19.4 Å². The predicted octanol–water partition coefficient (Wildman–Crippen LogP) is 4.41. The van der Waals surface area contributed by atoms with Crippen molar-refractivity contribution in [3.63, 3.8) is 0 Å². The smallest absolute Gasteiger partial charge is 0.408 e. The monoisotopic (exact) mass is 821 g/mol. The van der Waals surface area contributed by atoms with Crippen molar-refractivity contribution in [1.29, 1.82) is 0 Å². The van der Waals surface area contributed by atoms with Gasteiger partial charge in [0.05, 0.1) is 43.4 Å². The fraction of sp³-hybridized carbons (Fsp3) is 0.636. The molecule has 0 radical (unpaired) electrons. The van der Waals surface area contributed by atoms with E-state index in [1.54, 1.807) is 51.1 Å². The number of pyridine rings is 1. The van der Waals surface area contributed by atoms with Crippen LogP contribution in [0.3, 0.4) is 0 Å². The highest BCUT2D eigenvalue weighted by atomic mass is 16.7. The van der Waals surface area contributed by atoms with Gasteiger partial charge in [-0.05, 0) is 83.0 Å². The zero-order valence-corrected chi connectivity index (χ0v) is 35.4. The lowest BCUT2D eigenvalue weighted by atomic mass is 9.46. The molecule has 1 amide bonds. The van der Waals surface area contributed by atoms with E-state index in [0.717, 1.165) is 6.42 Å². The summed E-state index contributed by atoms with van der Waals surface area (Å²) >= 11 is 0. The summed E-state index contributed by atoms with van der Waals surface area (Å²) < 4.78 is 43.3. The maximum absolute atomic E-state index is 14.3. The molecule has 3 heterocycles. The van der Waals surface area contributed by atoms with Crippen molar-refractivity contribution >= 4 is 18.0 Å². The molecular weight excluding hydrogens is 762 g/mol. The van der Waals surface area contributed by atoms with Crippen molar-refractivity contribution < 1.29 is 57.8 Å². The average Bonchev–Trinajstić information content (AvgIpc) is 3.59. The number of aromatic nitrogens is 1. The van der Waals surface area contributed by atoms with E-state index in [-0.39, 0.29) is 24.1 Å². The molecule has 15 nitrogen and oxygen atoms in total. The molecule has 4 fully saturated rings. The maximum atomic E-state index is 14.3. The highest BCUT2D eigenvalue weighted by molar-refractivity contribution is 5.89. The van der Waals surface area contributed by atoms with E-state index >= 15 is 0 Å². The molecule has 3 aliphatic carbocycles. The summed E-state index contributed by atoms with van der Waals surface area (Å²) in [5, 5.41) is 31.2. The number of nitrogens with zero attached hydrogens (tertiary/aromatic N) is 1. The van der Waals surface area contributed by atoms with E-state index in [2.05, 4.69) is 22.5 Å². The molecule has 5 aliphatic rings. The van der Waals surface area contributed by atoms with E-state index in [4.69, 9.17) is 33.2 Å². The van der Waals surface area contributed by atoms with Crippen LogP contribution in [-0.2, 0) is 33.2 Å². The molecule has 4 N–H and O–H groups in total. The highest BCUT2D eigenvalue weighted by Gasteiger charge is 2.72. The second kappa shape index (κ2) is 16.1. The van der Waals surface area contributed by atoms with E-state index in [1.807, 2.05) is 33.9 Å². The number of nitrogens with one attached hydrogen (secondary N) is 2. The van der Waals surface area contributed by atoms with Crippen LogP contribution in [0.15, 0.2) is 59.8 Å². The lowest BCUT2D eigenvalue weighted by Crippen LogP contribution is -2.73. The summed E-state index contributed by atoms with van der Waals surface area (Å²) in [4.78, 5) is 45.9. The van der Waals surface area contributed by atoms with Gasteiger partial charge in [-0.25, -0.2) is 14.4 Å². The Morgan fingerprint density at radius 3 is 2.39 bits per heavy atom. The molecule has 2 bridgehead atoms. The van der Waals surface area contributed by atoms with E-state index < -0.39 is 88.8 Å². The normalized spacial score (nSPS) is 34.3. The molecule has 322 valence electrons. The molecule has 15 heteroatoms. The van der Waals surface area contributed by atoms with Crippen LogP contribution in [0.1, 0.15) is 89.8 Å². The number of likely N-dealkylation sites (N-methyl/N-ethyl adjacent to an activating group) is 1. The van der Waals surface area contributed by atoms with Gasteiger partial charge in [0, 0.05) is 35.6 Å². The summed E-state index contributed by atoms with van der Waals surface area (Å²) in [6.07, 6.45) is -4.45.